The molecule has 1 fully saturated rings. The number of hydrogen-bond acceptors (Lipinski definition) is 3. The van der Waals surface area contributed by atoms with E-state index in [0.717, 1.165) is 24.9 Å². The van der Waals surface area contributed by atoms with Crippen molar-refractivity contribution in [1.29, 1.82) is 0 Å². The van der Waals surface area contributed by atoms with Crippen molar-refractivity contribution in [3.63, 3.8) is 0 Å². The monoisotopic (exact) mass is 289 g/mol. The second kappa shape index (κ2) is 7.60. The highest BCUT2D eigenvalue weighted by molar-refractivity contribution is 5.79. The molecule has 0 atom stereocenters. The van der Waals surface area contributed by atoms with Gasteiger partial charge in [0.15, 0.2) is 0 Å². The maximum absolute atomic E-state index is 11.6. The molecule has 0 unspecified atom stereocenters. The van der Waals surface area contributed by atoms with Crippen LogP contribution in [0.3, 0.4) is 0 Å². The number of carbonyl (C=O) groups is 1. The van der Waals surface area contributed by atoms with Crippen LogP contribution in [0.15, 0.2) is 24.3 Å². The fourth-order valence-electron chi connectivity index (χ4n) is 3.21. The Morgan fingerprint density at radius 2 is 1.95 bits per heavy atom. The number of unbranched alkanes of at least 4 members (excludes halogenated alkanes) is 3. The van der Waals surface area contributed by atoms with Gasteiger partial charge in [0.25, 0.3) is 0 Å². The van der Waals surface area contributed by atoms with Gasteiger partial charge < -0.3 is 10.4 Å². The Bertz CT molecular complexity index is 460. The standard InChI is InChI=1S/C18H27NO2/c1-2-3-4-5-13-19-18(11-9-16(20)10-12-18)15-7-6-8-17(21)14-15/h6-8,14,19,21H,2-5,9-13H2,1H3. The van der Waals surface area contributed by atoms with E-state index < -0.39 is 0 Å². The Kier molecular flexibility index (Phi) is 5.80. The minimum Gasteiger partial charge on any atom is -0.508 e. The molecule has 2 rings (SSSR count). The molecule has 116 valence electrons. The van der Waals surface area contributed by atoms with Gasteiger partial charge in [-0.15, -0.1) is 0 Å². The van der Waals surface area contributed by atoms with Gasteiger partial charge in [-0.1, -0.05) is 38.3 Å². The second-order valence-electron chi connectivity index (χ2n) is 6.16. The maximum Gasteiger partial charge on any atom is 0.133 e. The lowest BCUT2D eigenvalue weighted by molar-refractivity contribution is -0.121. The normalized spacial score (nSPS) is 17.9. The average molecular weight is 289 g/mol. The molecule has 0 spiro atoms. The maximum atomic E-state index is 11.6. The van der Waals surface area contributed by atoms with Crippen molar-refractivity contribution in [2.24, 2.45) is 0 Å². The van der Waals surface area contributed by atoms with E-state index in [1.807, 2.05) is 12.1 Å². The SMILES string of the molecule is CCCCCCNC1(c2cccc(O)c2)CCC(=O)CC1. The van der Waals surface area contributed by atoms with Crippen molar-refractivity contribution in [3.05, 3.63) is 29.8 Å². The van der Waals surface area contributed by atoms with E-state index in [2.05, 4.69) is 18.3 Å². The van der Waals surface area contributed by atoms with E-state index in [0.29, 0.717) is 24.4 Å². The molecule has 2 N–H and O–H groups in total. The Morgan fingerprint density at radius 3 is 2.62 bits per heavy atom. The van der Waals surface area contributed by atoms with Crippen LogP contribution in [0.1, 0.15) is 63.9 Å². The summed E-state index contributed by atoms with van der Waals surface area (Å²) in [4.78, 5) is 11.6. The number of nitrogens with one attached hydrogen (secondary N) is 1. The second-order valence-corrected chi connectivity index (χ2v) is 6.16. The summed E-state index contributed by atoms with van der Waals surface area (Å²) < 4.78 is 0. The van der Waals surface area contributed by atoms with Crippen molar-refractivity contribution in [1.82, 2.24) is 5.32 Å². The van der Waals surface area contributed by atoms with E-state index in [1.165, 1.54) is 25.7 Å². The average Bonchev–Trinajstić information content (AvgIpc) is 2.49. The van der Waals surface area contributed by atoms with E-state index in [9.17, 15) is 9.90 Å². The van der Waals surface area contributed by atoms with Crippen molar-refractivity contribution in [3.8, 4) is 5.75 Å². The Hall–Kier alpha value is -1.35. The number of carbonyl (C=O) groups excluding carboxylic acids is 1. The van der Waals surface area contributed by atoms with Crippen LogP contribution in [-0.4, -0.2) is 17.4 Å². The topological polar surface area (TPSA) is 49.3 Å². The molecule has 3 nitrogen and oxygen atoms in total. The van der Waals surface area contributed by atoms with Gasteiger partial charge in [-0.25, -0.2) is 0 Å². The number of phenols is 1. The van der Waals surface area contributed by atoms with Crippen LogP contribution in [0.2, 0.25) is 0 Å². The van der Waals surface area contributed by atoms with Crippen LogP contribution in [-0.2, 0) is 10.3 Å². The number of ketones is 1. The van der Waals surface area contributed by atoms with E-state index in [-0.39, 0.29) is 5.54 Å². The van der Waals surface area contributed by atoms with E-state index in [4.69, 9.17) is 0 Å². The van der Waals surface area contributed by atoms with Crippen molar-refractivity contribution >= 4 is 5.78 Å². The smallest absolute Gasteiger partial charge is 0.133 e. The molecular formula is C18H27NO2. The highest BCUT2D eigenvalue weighted by Crippen LogP contribution is 2.37. The molecule has 1 aliphatic rings. The zero-order valence-electron chi connectivity index (χ0n) is 13.0. The molecule has 1 saturated carbocycles. The molecule has 0 heterocycles. The summed E-state index contributed by atoms with van der Waals surface area (Å²) in [6.07, 6.45) is 7.88. The van der Waals surface area contributed by atoms with Crippen LogP contribution in [0.5, 0.6) is 5.75 Å². The van der Waals surface area contributed by atoms with Gasteiger partial charge in [-0.05, 0) is 43.5 Å². The number of hydrogen-bond donors (Lipinski definition) is 2. The molecule has 0 bridgehead atoms. The molecule has 1 aromatic rings. The number of rotatable bonds is 7. The highest BCUT2D eigenvalue weighted by atomic mass is 16.3. The number of Topliss-reactive ketones (excluding diaryl/α,β-unsaturated/α-hetero) is 1. The third-order valence-corrected chi connectivity index (χ3v) is 4.55. The Balaban J connectivity index is 2.06. The molecule has 0 aliphatic heterocycles. The van der Waals surface area contributed by atoms with Crippen LogP contribution in [0.25, 0.3) is 0 Å². The van der Waals surface area contributed by atoms with Crippen LogP contribution in [0.4, 0.5) is 0 Å². The Morgan fingerprint density at radius 1 is 1.19 bits per heavy atom. The fourth-order valence-corrected chi connectivity index (χ4v) is 3.21. The van der Waals surface area contributed by atoms with Gasteiger partial charge in [0.1, 0.15) is 11.5 Å². The first-order valence-corrected chi connectivity index (χ1v) is 8.22. The molecule has 0 aromatic heterocycles. The lowest BCUT2D eigenvalue weighted by atomic mass is 9.76. The van der Waals surface area contributed by atoms with Crippen molar-refractivity contribution in [2.75, 3.05) is 6.54 Å². The predicted molar refractivity (Wildman–Crippen MR) is 85.4 cm³/mol. The molecule has 21 heavy (non-hydrogen) atoms. The summed E-state index contributed by atoms with van der Waals surface area (Å²) in [5.74, 6) is 0.662. The molecule has 3 heteroatoms. The van der Waals surface area contributed by atoms with Gasteiger partial charge in [0.2, 0.25) is 0 Å². The minimum atomic E-state index is -0.140. The third-order valence-electron chi connectivity index (χ3n) is 4.55. The third kappa shape index (κ3) is 4.31. The van der Waals surface area contributed by atoms with Crippen LogP contribution < -0.4 is 5.32 Å². The predicted octanol–water partition coefficient (Wildman–Crippen LogP) is 3.90. The first-order chi connectivity index (χ1) is 10.2. The lowest BCUT2D eigenvalue weighted by Crippen LogP contribution is -2.45. The van der Waals surface area contributed by atoms with Gasteiger partial charge in [-0.2, -0.15) is 0 Å². The number of aromatic hydroxyl groups is 1. The summed E-state index contributed by atoms with van der Waals surface area (Å²) in [6.45, 7) is 3.19. The van der Waals surface area contributed by atoms with Gasteiger partial charge in [0, 0.05) is 18.4 Å². The van der Waals surface area contributed by atoms with E-state index >= 15 is 0 Å². The first-order valence-electron chi connectivity index (χ1n) is 8.22. The molecule has 0 radical (unpaired) electrons. The quantitative estimate of drug-likeness (QED) is 0.748. The summed E-state index contributed by atoms with van der Waals surface area (Å²) in [6, 6.07) is 7.50. The van der Waals surface area contributed by atoms with Gasteiger partial charge >= 0.3 is 0 Å². The van der Waals surface area contributed by atoms with Crippen molar-refractivity contribution in [2.45, 2.75) is 63.8 Å². The fraction of sp³-hybridized carbons (Fsp3) is 0.611. The minimum absolute atomic E-state index is 0.140. The van der Waals surface area contributed by atoms with Crippen LogP contribution in [0, 0.1) is 0 Å². The van der Waals surface area contributed by atoms with Crippen molar-refractivity contribution < 1.29 is 9.90 Å². The first kappa shape index (κ1) is 16.0. The summed E-state index contributed by atoms with van der Waals surface area (Å²) in [5, 5.41) is 13.5. The summed E-state index contributed by atoms with van der Waals surface area (Å²) >= 11 is 0. The zero-order chi connectivity index (χ0) is 15.1. The number of phenolic OH excluding ortho intramolecular Hbond substituents is 1. The van der Waals surface area contributed by atoms with Gasteiger partial charge in [-0.3, -0.25) is 4.79 Å². The zero-order valence-corrected chi connectivity index (χ0v) is 13.0. The molecule has 1 aliphatic carbocycles. The largest absolute Gasteiger partial charge is 0.508 e. The molecule has 0 saturated heterocycles. The molecule has 1 aromatic carbocycles. The van der Waals surface area contributed by atoms with Gasteiger partial charge in [0.05, 0.1) is 0 Å². The summed E-state index contributed by atoms with van der Waals surface area (Å²) in [7, 11) is 0. The van der Waals surface area contributed by atoms with Crippen LogP contribution >= 0.6 is 0 Å². The highest BCUT2D eigenvalue weighted by Gasteiger charge is 2.35. The lowest BCUT2D eigenvalue weighted by Gasteiger charge is -2.38. The number of benzene rings is 1. The molecule has 0 amide bonds. The summed E-state index contributed by atoms with van der Waals surface area (Å²) in [5.41, 5.74) is 0.976. The molecular weight excluding hydrogens is 262 g/mol. The Labute approximate surface area is 127 Å². The van der Waals surface area contributed by atoms with E-state index in [1.54, 1.807) is 6.07 Å².